The second-order valence-corrected chi connectivity index (χ2v) is 7.50. The average Bonchev–Trinajstić information content (AvgIpc) is 2.84. The molecule has 7 heteroatoms. The lowest BCUT2D eigenvalue weighted by Gasteiger charge is -2.30. The number of piperidine rings is 1. The minimum Gasteiger partial charge on any atom is -0.481 e. The summed E-state index contributed by atoms with van der Waals surface area (Å²) >= 11 is 8.91. The molecule has 0 saturated carbocycles. The molecule has 4 nitrogen and oxygen atoms in total. The predicted octanol–water partition coefficient (Wildman–Crippen LogP) is 2.96. The molecule has 1 fully saturated rings. The molecular weight excluding hydrogens is 318 g/mol. The van der Waals surface area contributed by atoms with Gasteiger partial charge in [-0.25, -0.2) is 0 Å². The number of thioether (sulfide) groups is 1. The maximum absolute atomic E-state index is 12.1. The van der Waals surface area contributed by atoms with Gasteiger partial charge in [0.1, 0.15) is 0 Å². The van der Waals surface area contributed by atoms with Gasteiger partial charge in [-0.15, -0.1) is 23.1 Å². The van der Waals surface area contributed by atoms with Gasteiger partial charge in [0.25, 0.3) is 0 Å². The molecule has 0 radical (unpaired) electrons. The van der Waals surface area contributed by atoms with Gasteiger partial charge in [-0.05, 0) is 25.0 Å². The molecule has 0 aliphatic carbocycles. The van der Waals surface area contributed by atoms with Crippen molar-refractivity contribution in [3.63, 3.8) is 0 Å². The normalized spacial score (nSPS) is 19.1. The first-order valence-electron chi connectivity index (χ1n) is 6.39. The Labute approximate surface area is 131 Å². The highest BCUT2D eigenvalue weighted by Crippen LogP contribution is 2.25. The number of hydrogen-bond acceptors (Lipinski definition) is 4. The molecule has 0 bridgehead atoms. The molecule has 1 saturated heterocycles. The second-order valence-electron chi connectivity index (χ2n) is 4.72. The van der Waals surface area contributed by atoms with Gasteiger partial charge in [0.2, 0.25) is 5.91 Å². The SMILES string of the molecule is O=C(O)[C@@H]1CCCN(C(=O)CSCc2ccc(Cl)s2)C1. The maximum atomic E-state index is 12.1. The second kappa shape index (κ2) is 7.33. The van der Waals surface area contributed by atoms with Crippen LogP contribution in [0.4, 0.5) is 0 Å². The van der Waals surface area contributed by atoms with Crippen molar-refractivity contribution in [1.29, 1.82) is 0 Å². The van der Waals surface area contributed by atoms with E-state index in [0.29, 0.717) is 25.3 Å². The zero-order valence-corrected chi connectivity index (χ0v) is 13.3. The van der Waals surface area contributed by atoms with Crippen LogP contribution in [0.2, 0.25) is 4.34 Å². The van der Waals surface area contributed by atoms with Crippen molar-refractivity contribution in [2.45, 2.75) is 18.6 Å². The van der Waals surface area contributed by atoms with Gasteiger partial charge >= 0.3 is 5.97 Å². The Hall–Kier alpha value is -0.720. The highest BCUT2D eigenvalue weighted by atomic mass is 35.5. The molecule has 0 unspecified atom stereocenters. The summed E-state index contributed by atoms with van der Waals surface area (Å²) in [6, 6.07) is 3.82. The number of amides is 1. The van der Waals surface area contributed by atoms with E-state index in [1.165, 1.54) is 11.3 Å². The molecular formula is C13H16ClNO3S2. The van der Waals surface area contributed by atoms with Crippen LogP contribution in [0.3, 0.4) is 0 Å². The summed E-state index contributed by atoms with van der Waals surface area (Å²) in [6.07, 6.45) is 1.44. The molecule has 2 rings (SSSR count). The van der Waals surface area contributed by atoms with Crippen LogP contribution in [0.1, 0.15) is 17.7 Å². The van der Waals surface area contributed by atoms with Crippen molar-refractivity contribution in [3.8, 4) is 0 Å². The zero-order chi connectivity index (χ0) is 14.5. The first kappa shape index (κ1) is 15.7. The molecule has 0 spiro atoms. The highest BCUT2D eigenvalue weighted by molar-refractivity contribution is 7.99. The Morgan fingerprint density at radius 2 is 2.30 bits per heavy atom. The van der Waals surface area contributed by atoms with Crippen molar-refractivity contribution in [2.75, 3.05) is 18.8 Å². The van der Waals surface area contributed by atoms with E-state index < -0.39 is 11.9 Å². The van der Waals surface area contributed by atoms with Crippen LogP contribution in [-0.4, -0.2) is 40.7 Å². The highest BCUT2D eigenvalue weighted by Gasteiger charge is 2.27. The zero-order valence-electron chi connectivity index (χ0n) is 10.9. The van der Waals surface area contributed by atoms with Crippen LogP contribution in [0, 0.1) is 5.92 Å². The van der Waals surface area contributed by atoms with E-state index in [-0.39, 0.29) is 5.91 Å². The molecule has 20 heavy (non-hydrogen) atoms. The van der Waals surface area contributed by atoms with E-state index in [1.807, 2.05) is 12.1 Å². The number of aliphatic carboxylic acids is 1. The summed E-state index contributed by atoms with van der Waals surface area (Å²) in [5.74, 6) is -0.0259. The molecule has 1 amide bonds. The minimum atomic E-state index is -0.802. The Morgan fingerprint density at radius 3 is 2.95 bits per heavy atom. The molecule has 0 aromatic carbocycles. The summed E-state index contributed by atoms with van der Waals surface area (Å²) in [5, 5.41) is 9.01. The van der Waals surface area contributed by atoms with Gasteiger partial charge < -0.3 is 10.0 Å². The Kier molecular flexibility index (Phi) is 5.74. The number of carbonyl (C=O) groups is 2. The first-order valence-corrected chi connectivity index (χ1v) is 8.73. The number of nitrogens with zero attached hydrogens (tertiary/aromatic N) is 1. The first-order chi connectivity index (χ1) is 9.56. The standard InChI is InChI=1S/C13H16ClNO3S2/c14-11-4-3-10(20-11)7-19-8-12(16)15-5-1-2-9(6-15)13(17)18/h3-4,9H,1-2,5-8H2,(H,17,18)/t9-/m1/s1. The summed E-state index contributed by atoms with van der Waals surface area (Å²) in [4.78, 5) is 25.8. The number of halogens is 1. The summed E-state index contributed by atoms with van der Waals surface area (Å²) in [5.41, 5.74) is 0. The van der Waals surface area contributed by atoms with Crippen LogP contribution >= 0.6 is 34.7 Å². The molecule has 1 aliphatic heterocycles. The molecule has 1 atom stereocenters. The van der Waals surface area contributed by atoms with Gasteiger partial charge in [0.15, 0.2) is 0 Å². The number of carbonyl (C=O) groups excluding carboxylic acids is 1. The predicted molar refractivity (Wildman–Crippen MR) is 82.4 cm³/mol. The third-order valence-corrected chi connectivity index (χ3v) is 5.60. The average molecular weight is 334 g/mol. The Morgan fingerprint density at radius 1 is 1.50 bits per heavy atom. The fraction of sp³-hybridized carbons (Fsp3) is 0.538. The lowest BCUT2D eigenvalue weighted by Crippen LogP contribution is -2.43. The number of likely N-dealkylation sites (tertiary alicyclic amines) is 1. The van der Waals surface area contributed by atoms with Gasteiger partial charge in [-0.2, -0.15) is 0 Å². The summed E-state index contributed by atoms with van der Waals surface area (Å²) in [7, 11) is 0. The molecule has 2 heterocycles. The van der Waals surface area contributed by atoms with Crippen LogP contribution in [0.5, 0.6) is 0 Å². The van der Waals surface area contributed by atoms with Crippen LogP contribution in [0.25, 0.3) is 0 Å². The van der Waals surface area contributed by atoms with E-state index in [0.717, 1.165) is 21.4 Å². The summed E-state index contributed by atoms with van der Waals surface area (Å²) in [6.45, 7) is 1.02. The van der Waals surface area contributed by atoms with Crippen molar-refractivity contribution in [2.24, 2.45) is 5.92 Å². The van der Waals surface area contributed by atoms with Gasteiger partial charge in [-0.1, -0.05) is 11.6 Å². The van der Waals surface area contributed by atoms with E-state index in [2.05, 4.69) is 0 Å². The van der Waals surface area contributed by atoms with Crippen LogP contribution < -0.4 is 0 Å². The fourth-order valence-electron chi connectivity index (χ4n) is 2.16. The van der Waals surface area contributed by atoms with E-state index in [1.54, 1.807) is 16.7 Å². The number of hydrogen-bond donors (Lipinski definition) is 1. The third-order valence-electron chi connectivity index (χ3n) is 3.22. The molecule has 1 aromatic heterocycles. The third kappa shape index (κ3) is 4.40. The number of carboxylic acid groups (broad SMARTS) is 1. The molecule has 110 valence electrons. The van der Waals surface area contributed by atoms with Crippen LogP contribution in [0.15, 0.2) is 12.1 Å². The molecule has 1 aliphatic rings. The van der Waals surface area contributed by atoms with Gasteiger partial charge in [0, 0.05) is 23.7 Å². The van der Waals surface area contributed by atoms with E-state index in [4.69, 9.17) is 16.7 Å². The Balaban J connectivity index is 1.75. The smallest absolute Gasteiger partial charge is 0.308 e. The molecule has 1 N–H and O–H groups in total. The lowest BCUT2D eigenvalue weighted by atomic mass is 9.98. The largest absolute Gasteiger partial charge is 0.481 e. The quantitative estimate of drug-likeness (QED) is 0.900. The number of thiophene rings is 1. The van der Waals surface area contributed by atoms with Crippen LogP contribution in [-0.2, 0) is 15.3 Å². The van der Waals surface area contributed by atoms with Gasteiger partial charge in [0.05, 0.1) is 16.0 Å². The van der Waals surface area contributed by atoms with Crippen molar-refractivity contribution in [1.82, 2.24) is 4.90 Å². The monoisotopic (exact) mass is 333 g/mol. The number of carboxylic acids is 1. The van der Waals surface area contributed by atoms with Crippen molar-refractivity contribution in [3.05, 3.63) is 21.3 Å². The van der Waals surface area contributed by atoms with E-state index in [9.17, 15) is 9.59 Å². The lowest BCUT2D eigenvalue weighted by molar-refractivity contribution is -0.145. The van der Waals surface area contributed by atoms with Gasteiger partial charge in [-0.3, -0.25) is 9.59 Å². The minimum absolute atomic E-state index is 0.0311. The Bertz CT molecular complexity index is 492. The summed E-state index contributed by atoms with van der Waals surface area (Å²) < 4.78 is 0.757. The van der Waals surface area contributed by atoms with Crippen molar-refractivity contribution < 1.29 is 14.7 Å². The molecule has 1 aromatic rings. The fourth-order valence-corrected chi connectivity index (χ4v) is 4.29. The van der Waals surface area contributed by atoms with E-state index >= 15 is 0 Å². The topological polar surface area (TPSA) is 57.6 Å². The number of rotatable bonds is 5. The maximum Gasteiger partial charge on any atom is 0.308 e. The van der Waals surface area contributed by atoms with Crippen molar-refractivity contribution >= 4 is 46.6 Å².